The van der Waals surface area contributed by atoms with Crippen LogP contribution >= 0.6 is 0 Å². The fourth-order valence-corrected chi connectivity index (χ4v) is 4.40. The zero-order chi connectivity index (χ0) is 23.7. The Morgan fingerprint density at radius 2 is 1.47 bits per heavy atom. The van der Waals surface area contributed by atoms with Crippen molar-refractivity contribution in [3.8, 4) is 0 Å². The third kappa shape index (κ3) is 5.21. The van der Waals surface area contributed by atoms with Crippen LogP contribution in [-0.4, -0.2) is 33.7 Å². The van der Waals surface area contributed by atoms with Crippen LogP contribution in [0.2, 0.25) is 0 Å². The Kier molecular flexibility index (Phi) is 6.52. The summed E-state index contributed by atoms with van der Waals surface area (Å²) < 4.78 is 79.7. The van der Waals surface area contributed by atoms with Crippen LogP contribution in [-0.2, 0) is 25.4 Å². The summed E-state index contributed by atoms with van der Waals surface area (Å²) in [6.45, 7) is 0.230. The van der Waals surface area contributed by atoms with Crippen LogP contribution in [0.4, 0.5) is 32.0 Å². The molecule has 1 aliphatic rings. The van der Waals surface area contributed by atoms with E-state index in [0.717, 1.165) is 12.1 Å². The first-order valence-corrected chi connectivity index (χ1v) is 9.82. The van der Waals surface area contributed by atoms with Crippen molar-refractivity contribution in [2.45, 2.75) is 44.3 Å². The van der Waals surface area contributed by atoms with Gasteiger partial charge in [0.1, 0.15) is 19.1 Å². The van der Waals surface area contributed by atoms with Crippen molar-refractivity contribution in [2.75, 3.05) is 13.2 Å². The minimum atomic E-state index is -4.94. The normalized spacial score (nSPS) is 21.7. The molecular formula is C21H21F6N2O3+. The fourth-order valence-electron chi connectivity index (χ4n) is 4.40. The minimum Gasteiger partial charge on any atom is -0.390 e. The molecule has 0 saturated carbocycles. The lowest BCUT2D eigenvalue weighted by atomic mass is 10.0. The monoisotopic (exact) mass is 463 g/mol. The lowest BCUT2D eigenvalue weighted by molar-refractivity contribution is -0.964. The quantitative estimate of drug-likeness (QED) is 0.274. The standard InChI is InChI=1S/C21H21F6N2O3/c22-20(23,24)16-8-15(9-17(10-16)21(25,26)27)12-29(7-1-2-19(29)13-30)11-14-3-5-18(6-4-14)28(31)32/h3-6,8-10,19,30H,1-2,7,11-13H2/q+1/t19-,29?/m0/s1. The molecule has 0 aliphatic carbocycles. The number of alkyl halides is 6. The van der Waals surface area contributed by atoms with Gasteiger partial charge in [0.25, 0.3) is 5.69 Å². The second-order valence-electron chi connectivity index (χ2n) is 8.07. The number of hydrogen-bond acceptors (Lipinski definition) is 3. The van der Waals surface area contributed by atoms with E-state index in [1.807, 2.05) is 0 Å². The van der Waals surface area contributed by atoms with Crippen molar-refractivity contribution in [1.82, 2.24) is 0 Å². The average Bonchev–Trinajstić information content (AvgIpc) is 3.08. The third-order valence-electron chi connectivity index (χ3n) is 5.92. The summed E-state index contributed by atoms with van der Waals surface area (Å²) in [6, 6.07) is 6.77. The number of benzene rings is 2. The molecule has 1 N–H and O–H groups in total. The maximum absolute atomic E-state index is 13.3. The topological polar surface area (TPSA) is 63.4 Å². The number of nitro benzene ring substituents is 1. The van der Waals surface area contributed by atoms with Gasteiger partial charge in [0, 0.05) is 36.1 Å². The molecule has 32 heavy (non-hydrogen) atoms. The first-order chi connectivity index (χ1) is 14.8. The second kappa shape index (κ2) is 8.70. The van der Waals surface area contributed by atoms with Crippen molar-refractivity contribution in [2.24, 2.45) is 0 Å². The molecule has 0 spiro atoms. The molecule has 0 radical (unpaired) electrons. The van der Waals surface area contributed by atoms with E-state index < -0.39 is 28.4 Å². The number of hydrogen-bond donors (Lipinski definition) is 1. The number of quaternary nitrogens is 1. The van der Waals surface area contributed by atoms with Gasteiger partial charge in [0.15, 0.2) is 0 Å². The van der Waals surface area contributed by atoms with Crippen LogP contribution in [0.5, 0.6) is 0 Å². The summed E-state index contributed by atoms with van der Waals surface area (Å²) in [6.07, 6.45) is -8.68. The van der Waals surface area contributed by atoms with Crippen molar-refractivity contribution in [3.05, 3.63) is 74.8 Å². The highest BCUT2D eigenvalue weighted by Gasteiger charge is 2.43. The van der Waals surface area contributed by atoms with Crippen molar-refractivity contribution >= 4 is 5.69 Å². The number of halogens is 6. The smallest absolute Gasteiger partial charge is 0.390 e. The van der Waals surface area contributed by atoms with Crippen molar-refractivity contribution in [1.29, 1.82) is 0 Å². The maximum Gasteiger partial charge on any atom is 0.416 e. The van der Waals surface area contributed by atoms with E-state index in [0.29, 0.717) is 24.9 Å². The maximum atomic E-state index is 13.3. The lowest BCUT2D eigenvalue weighted by Crippen LogP contribution is -2.51. The van der Waals surface area contributed by atoms with Gasteiger partial charge in [-0.2, -0.15) is 26.3 Å². The first-order valence-electron chi connectivity index (χ1n) is 9.82. The molecule has 1 fully saturated rings. The van der Waals surface area contributed by atoms with Gasteiger partial charge in [-0.15, -0.1) is 0 Å². The minimum absolute atomic E-state index is 0.0624. The SMILES string of the molecule is O=[N+]([O-])c1ccc(C[N+]2(Cc3cc(C(F)(F)F)cc(C(F)(F)F)c3)CCC[C@H]2CO)cc1. The largest absolute Gasteiger partial charge is 0.416 e. The van der Waals surface area contributed by atoms with Gasteiger partial charge in [-0.25, -0.2) is 0 Å². The number of non-ortho nitro benzene ring substituents is 1. The predicted molar refractivity (Wildman–Crippen MR) is 102 cm³/mol. The van der Waals surface area contributed by atoms with Crippen LogP contribution < -0.4 is 0 Å². The van der Waals surface area contributed by atoms with E-state index in [4.69, 9.17) is 0 Å². The van der Waals surface area contributed by atoms with Crippen molar-refractivity contribution < 1.29 is 40.9 Å². The number of aliphatic hydroxyl groups is 1. The van der Waals surface area contributed by atoms with Crippen molar-refractivity contribution in [3.63, 3.8) is 0 Å². The molecule has 0 aromatic heterocycles. The van der Waals surface area contributed by atoms with Gasteiger partial charge < -0.3 is 9.59 Å². The summed E-state index contributed by atoms with van der Waals surface area (Å²) in [5, 5.41) is 20.7. The molecule has 0 bridgehead atoms. The first kappa shape index (κ1) is 24.0. The Morgan fingerprint density at radius 3 is 1.94 bits per heavy atom. The molecular weight excluding hydrogens is 442 g/mol. The number of aliphatic hydroxyl groups excluding tert-OH is 1. The molecule has 1 aliphatic heterocycles. The molecule has 1 unspecified atom stereocenters. The van der Waals surface area contributed by atoms with E-state index in [1.54, 1.807) is 0 Å². The Balaban J connectivity index is 2.01. The Bertz CT molecular complexity index is 943. The molecule has 1 heterocycles. The number of likely N-dealkylation sites (tertiary alicyclic amines) is 1. The summed E-state index contributed by atoms with van der Waals surface area (Å²) in [5.74, 6) is 0. The summed E-state index contributed by atoms with van der Waals surface area (Å²) >= 11 is 0. The highest BCUT2D eigenvalue weighted by molar-refractivity contribution is 5.34. The molecule has 3 rings (SSSR count). The highest BCUT2D eigenvalue weighted by atomic mass is 19.4. The molecule has 11 heteroatoms. The molecule has 2 aromatic rings. The molecule has 2 atom stereocenters. The third-order valence-corrected chi connectivity index (χ3v) is 5.92. The van der Waals surface area contributed by atoms with E-state index in [2.05, 4.69) is 0 Å². The highest BCUT2D eigenvalue weighted by Crippen LogP contribution is 2.39. The molecule has 1 saturated heterocycles. The summed E-state index contributed by atoms with van der Waals surface area (Å²) in [7, 11) is 0. The molecule has 2 aromatic carbocycles. The van der Waals surface area contributed by atoms with E-state index in [1.165, 1.54) is 24.3 Å². The number of nitrogens with zero attached hydrogens (tertiary/aromatic N) is 2. The molecule has 174 valence electrons. The van der Waals surface area contributed by atoms with E-state index in [9.17, 15) is 41.6 Å². The van der Waals surface area contributed by atoms with Crippen LogP contribution in [0.3, 0.4) is 0 Å². The second-order valence-corrected chi connectivity index (χ2v) is 8.07. The Hall–Kier alpha value is -2.66. The summed E-state index contributed by atoms with van der Waals surface area (Å²) in [5.41, 5.74) is -2.38. The number of rotatable bonds is 6. The zero-order valence-electron chi connectivity index (χ0n) is 16.8. The van der Waals surface area contributed by atoms with E-state index >= 15 is 0 Å². The van der Waals surface area contributed by atoms with Crippen LogP contribution in [0, 0.1) is 10.1 Å². The van der Waals surface area contributed by atoms with Crippen LogP contribution in [0.15, 0.2) is 42.5 Å². The van der Waals surface area contributed by atoms with Gasteiger partial charge in [-0.05, 0) is 30.3 Å². The molecule has 5 nitrogen and oxygen atoms in total. The van der Waals surface area contributed by atoms with Gasteiger partial charge in [0.2, 0.25) is 0 Å². The van der Waals surface area contributed by atoms with Gasteiger partial charge in [0.05, 0.1) is 29.2 Å². The Labute approximate surface area is 179 Å². The zero-order valence-corrected chi connectivity index (χ0v) is 16.8. The summed E-state index contributed by atoms with van der Waals surface area (Å²) in [4.78, 5) is 10.3. The average molecular weight is 463 g/mol. The van der Waals surface area contributed by atoms with E-state index in [-0.39, 0.29) is 47.5 Å². The Morgan fingerprint density at radius 1 is 0.938 bits per heavy atom. The number of nitro groups is 1. The molecule has 0 amide bonds. The van der Waals surface area contributed by atoms with Gasteiger partial charge in [-0.1, -0.05) is 0 Å². The lowest BCUT2D eigenvalue weighted by Gasteiger charge is -2.40. The van der Waals surface area contributed by atoms with Gasteiger partial charge in [-0.3, -0.25) is 10.1 Å². The fraction of sp³-hybridized carbons (Fsp3) is 0.429. The van der Waals surface area contributed by atoms with Crippen LogP contribution in [0.1, 0.15) is 35.1 Å². The van der Waals surface area contributed by atoms with Crippen LogP contribution in [0.25, 0.3) is 0 Å². The predicted octanol–water partition coefficient (Wildman–Crippen LogP) is 5.30. The van der Waals surface area contributed by atoms with Gasteiger partial charge >= 0.3 is 12.4 Å².